The number of aromatic nitrogens is 3. The Morgan fingerprint density at radius 2 is 2.00 bits per heavy atom. The number of esters is 1. The largest absolute Gasteiger partial charge is 0.462 e. The number of carbonyl (C=O) groups excluding carboxylic acids is 1. The lowest BCUT2D eigenvalue weighted by molar-refractivity contribution is -0.143. The van der Waals surface area contributed by atoms with E-state index in [1.807, 2.05) is 6.07 Å². The quantitative estimate of drug-likeness (QED) is 0.436. The summed E-state index contributed by atoms with van der Waals surface area (Å²) >= 11 is 5.85. The smallest absolute Gasteiger partial charge is 0.434 e. The van der Waals surface area contributed by atoms with Crippen LogP contribution in [0.4, 0.5) is 13.2 Å². The van der Waals surface area contributed by atoms with Gasteiger partial charge in [-0.25, -0.2) is 9.48 Å². The number of rotatable bonds is 6. The Kier molecular flexibility index (Phi) is 5.99. The second-order valence-electron chi connectivity index (χ2n) is 5.90. The minimum atomic E-state index is -4.80. The van der Waals surface area contributed by atoms with Gasteiger partial charge in [-0.2, -0.15) is 18.3 Å². The van der Waals surface area contributed by atoms with Crippen LogP contribution in [0.3, 0.4) is 0 Å². The number of hydrogen-bond acceptors (Lipinski definition) is 4. The fourth-order valence-electron chi connectivity index (χ4n) is 2.64. The maximum atomic E-state index is 13.6. The lowest BCUT2D eigenvalue weighted by Crippen LogP contribution is -2.18. The molecule has 0 saturated carbocycles. The van der Waals surface area contributed by atoms with Gasteiger partial charge in [0.25, 0.3) is 0 Å². The minimum absolute atomic E-state index is 0.0205. The Hall–Kier alpha value is -2.87. The van der Waals surface area contributed by atoms with E-state index in [2.05, 4.69) is 10.1 Å². The molecule has 0 atom stereocenters. The van der Waals surface area contributed by atoms with Crippen LogP contribution >= 0.6 is 11.6 Å². The highest BCUT2D eigenvalue weighted by Crippen LogP contribution is 2.34. The topological polar surface area (TPSA) is 57.0 Å². The Morgan fingerprint density at radius 1 is 1.18 bits per heavy atom. The molecule has 0 aliphatic rings. The van der Waals surface area contributed by atoms with Gasteiger partial charge in [-0.15, -0.1) is 0 Å². The normalized spacial score (nSPS) is 11.4. The van der Waals surface area contributed by atoms with Crippen molar-refractivity contribution in [1.82, 2.24) is 14.8 Å². The van der Waals surface area contributed by atoms with Crippen molar-refractivity contribution in [3.05, 3.63) is 76.8 Å². The third kappa shape index (κ3) is 4.69. The number of nitrogens with zero attached hydrogens (tertiary/aromatic N) is 3. The molecule has 0 aliphatic carbocycles. The summed E-state index contributed by atoms with van der Waals surface area (Å²) in [5, 5.41) is 3.97. The summed E-state index contributed by atoms with van der Waals surface area (Å²) in [4.78, 5) is 16.2. The van der Waals surface area contributed by atoms with Crippen LogP contribution in [0.25, 0.3) is 5.69 Å². The van der Waals surface area contributed by atoms with Crippen LogP contribution in [0.2, 0.25) is 5.02 Å². The van der Waals surface area contributed by atoms with Crippen molar-refractivity contribution in [3.8, 4) is 5.69 Å². The molecule has 0 radical (unpaired) electrons. The number of carbonyl (C=O) groups is 1. The van der Waals surface area contributed by atoms with Crippen molar-refractivity contribution in [2.75, 3.05) is 6.61 Å². The predicted molar refractivity (Wildman–Crippen MR) is 96.4 cm³/mol. The van der Waals surface area contributed by atoms with Gasteiger partial charge in [0.1, 0.15) is 5.56 Å². The molecule has 0 unspecified atom stereocenters. The van der Waals surface area contributed by atoms with Crippen LogP contribution in [0, 0.1) is 0 Å². The van der Waals surface area contributed by atoms with E-state index in [0.29, 0.717) is 17.5 Å². The molecule has 3 aromatic rings. The number of hydrogen-bond donors (Lipinski definition) is 0. The summed E-state index contributed by atoms with van der Waals surface area (Å²) in [6.45, 7) is -0.0205. The summed E-state index contributed by atoms with van der Waals surface area (Å²) in [7, 11) is 0. The van der Waals surface area contributed by atoms with E-state index < -0.39 is 23.4 Å². The number of halogens is 4. The number of aryl methyl sites for hydroxylation is 1. The molecule has 0 spiro atoms. The van der Waals surface area contributed by atoms with Crippen LogP contribution < -0.4 is 0 Å². The maximum absolute atomic E-state index is 13.6. The molecule has 0 N–H and O–H groups in total. The second-order valence-corrected chi connectivity index (χ2v) is 6.33. The molecule has 146 valence electrons. The number of ether oxygens (including phenoxy) is 1. The highest BCUT2D eigenvalue weighted by molar-refractivity contribution is 6.30. The van der Waals surface area contributed by atoms with Crippen molar-refractivity contribution in [2.24, 2.45) is 0 Å². The van der Waals surface area contributed by atoms with Gasteiger partial charge < -0.3 is 4.74 Å². The lowest BCUT2D eigenvalue weighted by Gasteiger charge is -2.12. The van der Waals surface area contributed by atoms with Crippen molar-refractivity contribution >= 4 is 17.6 Å². The van der Waals surface area contributed by atoms with Crippen LogP contribution in [-0.2, 0) is 17.3 Å². The zero-order valence-electron chi connectivity index (χ0n) is 14.5. The Balaban J connectivity index is 1.75. The Labute approximate surface area is 163 Å². The van der Waals surface area contributed by atoms with Crippen molar-refractivity contribution in [1.29, 1.82) is 0 Å². The number of alkyl halides is 3. The van der Waals surface area contributed by atoms with E-state index in [4.69, 9.17) is 16.3 Å². The first-order valence-electron chi connectivity index (χ1n) is 8.33. The summed E-state index contributed by atoms with van der Waals surface area (Å²) in [6, 6.07) is 9.41. The van der Waals surface area contributed by atoms with Gasteiger partial charge in [0.05, 0.1) is 18.5 Å². The van der Waals surface area contributed by atoms with E-state index in [9.17, 15) is 18.0 Å². The van der Waals surface area contributed by atoms with Crippen LogP contribution in [0.15, 0.2) is 55.0 Å². The second kappa shape index (κ2) is 8.43. The summed E-state index contributed by atoms with van der Waals surface area (Å²) in [5.74, 6) is -1.08. The van der Waals surface area contributed by atoms with Crippen LogP contribution in [-0.4, -0.2) is 27.3 Å². The molecule has 2 aromatic heterocycles. The average molecular weight is 410 g/mol. The molecule has 0 saturated heterocycles. The van der Waals surface area contributed by atoms with Crippen molar-refractivity contribution in [3.63, 3.8) is 0 Å². The zero-order chi connectivity index (χ0) is 20.1. The fraction of sp³-hybridized carbons (Fsp3) is 0.211. The molecule has 5 nitrogen and oxygen atoms in total. The molecule has 9 heteroatoms. The summed E-state index contributed by atoms with van der Waals surface area (Å²) in [6.07, 6.45) is 0.421. The van der Waals surface area contributed by atoms with Crippen molar-refractivity contribution < 1.29 is 22.7 Å². The van der Waals surface area contributed by atoms with Gasteiger partial charge in [0.2, 0.25) is 0 Å². The molecular weight excluding hydrogens is 395 g/mol. The predicted octanol–water partition coefficient (Wildman–Crippen LogP) is 4.73. The lowest BCUT2D eigenvalue weighted by atomic mass is 10.2. The van der Waals surface area contributed by atoms with E-state index in [1.165, 1.54) is 24.3 Å². The number of benzene rings is 1. The van der Waals surface area contributed by atoms with Crippen LogP contribution in [0.1, 0.15) is 28.0 Å². The Morgan fingerprint density at radius 3 is 2.68 bits per heavy atom. The molecule has 2 heterocycles. The SMILES string of the molecule is O=C(OCCCc1cccnc1)c1cnn(-c2cccc(Cl)c2)c1C(F)(F)F. The third-order valence-corrected chi connectivity index (χ3v) is 4.11. The minimum Gasteiger partial charge on any atom is -0.462 e. The molecule has 0 bridgehead atoms. The maximum Gasteiger partial charge on any atom is 0.434 e. The summed E-state index contributed by atoms with van der Waals surface area (Å²) < 4.78 is 46.4. The monoisotopic (exact) mass is 409 g/mol. The highest BCUT2D eigenvalue weighted by Gasteiger charge is 2.41. The molecule has 1 aromatic carbocycles. The van der Waals surface area contributed by atoms with E-state index >= 15 is 0 Å². The molecule has 0 fully saturated rings. The molecule has 0 amide bonds. The highest BCUT2D eigenvalue weighted by atomic mass is 35.5. The van der Waals surface area contributed by atoms with E-state index in [0.717, 1.165) is 11.8 Å². The van der Waals surface area contributed by atoms with Gasteiger partial charge in [-0.1, -0.05) is 23.7 Å². The number of pyridine rings is 1. The first-order valence-corrected chi connectivity index (χ1v) is 8.71. The molecular formula is C19H15ClF3N3O2. The van der Waals surface area contributed by atoms with Crippen LogP contribution in [0.5, 0.6) is 0 Å². The van der Waals surface area contributed by atoms with Gasteiger partial charge in [0, 0.05) is 17.4 Å². The standard InChI is InChI=1S/C19H15ClF3N3O2/c20-14-6-1-7-15(10-14)26-17(19(21,22)23)16(12-25-26)18(27)28-9-3-5-13-4-2-8-24-11-13/h1-2,4,6-8,10-12H,3,5,9H2. The van der Waals surface area contributed by atoms with Crippen molar-refractivity contribution in [2.45, 2.75) is 19.0 Å². The first-order chi connectivity index (χ1) is 13.4. The van der Waals surface area contributed by atoms with Gasteiger partial charge in [-0.3, -0.25) is 4.98 Å². The fourth-order valence-corrected chi connectivity index (χ4v) is 2.82. The third-order valence-electron chi connectivity index (χ3n) is 3.88. The van der Waals surface area contributed by atoms with E-state index in [-0.39, 0.29) is 17.3 Å². The van der Waals surface area contributed by atoms with Gasteiger partial charge in [-0.05, 0) is 42.7 Å². The Bertz CT molecular complexity index is 959. The zero-order valence-corrected chi connectivity index (χ0v) is 15.2. The van der Waals surface area contributed by atoms with E-state index in [1.54, 1.807) is 18.5 Å². The molecule has 28 heavy (non-hydrogen) atoms. The van der Waals surface area contributed by atoms with Gasteiger partial charge >= 0.3 is 12.1 Å². The molecule has 3 rings (SSSR count). The summed E-state index contributed by atoms with van der Waals surface area (Å²) in [5.41, 5.74) is -0.806. The average Bonchev–Trinajstić information content (AvgIpc) is 3.12. The molecule has 0 aliphatic heterocycles. The van der Waals surface area contributed by atoms with Gasteiger partial charge in [0.15, 0.2) is 5.69 Å². The first kappa shape index (κ1) is 19.9.